The Balaban J connectivity index is 0.00000420. The Morgan fingerprint density at radius 2 is 1.90 bits per heavy atom. The smallest absolute Gasteiger partial charge is 0.191 e. The van der Waals surface area contributed by atoms with Gasteiger partial charge in [-0.05, 0) is 82.9 Å². The van der Waals surface area contributed by atoms with Crippen LogP contribution in [0.15, 0.2) is 34.2 Å². The summed E-state index contributed by atoms with van der Waals surface area (Å²) in [6, 6.07) is 6.68. The molecule has 29 heavy (non-hydrogen) atoms. The molecule has 1 saturated heterocycles. The number of halogens is 2. The van der Waals surface area contributed by atoms with E-state index in [4.69, 9.17) is 0 Å². The van der Waals surface area contributed by atoms with Crippen LogP contribution >= 0.6 is 35.7 Å². The minimum absolute atomic E-state index is 0. The zero-order chi connectivity index (χ0) is 20.0. The summed E-state index contributed by atoms with van der Waals surface area (Å²) in [6.07, 6.45) is 3.40. The Bertz CT molecular complexity index is 573. The standard InChI is InChI=1S/C21H36FN5S.HI/c1-3-23-21(24-11-4-14-27-15-6-13-26(2)16-17-27)25-12-5-18-28-20-9-7-19(22)8-10-20;/h7-10H,3-6,11-18H2,1-2H3,(H2,23,24,25);1H. The predicted octanol–water partition coefficient (Wildman–Crippen LogP) is 3.51. The highest BCUT2D eigenvalue weighted by molar-refractivity contribution is 14.0. The van der Waals surface area contributed by atoms with Crippen LogP contribution in [0.5, 0.6) is 0 Å². The minimum atomic E-state index is -0.182. The van der Waals surface area contributed by atoms with Crippen molar-refractivity contribution in [1.29, 1.82) is 0 Å². The first-order valence-corrected chi connectivity index (χ1v) is 11.5. The highest BCUT2D eigenvalue weighted by atomic mass is 127. The van der Waals surface area contributed by atoms with Crippen molar-refractivity contribution in [3.05, 3.63) is 30.1 Å². The molecule has 0 aliphatic carbocycles. The van der Waals surface area contributed by atoms with Crippen LogP contribution in [0.3, 0.4) is 0 Å². The molecule has 0 aromatic heterocycles. The van der Waals surface area contributed by atoms with Gasteiger partial charge in [-0.15, -0.1) is 35.7 Å². The van der Waals surface area contributed by atoms with Gasteiger partial charge in [-0.25, -0.2) is 4.39 Å². The number of thioether (sulfide) groups is 1. The minimum Gasteiger partial charge on any atom is -0.357 e. The van der Waals surface area contributed by atoms with Crippen molar-refractivity contribution in [1.82, 2.24) is 20.4 Å². The second kappa shape index (κ2) is 16.2. The quantitative estimate of drug-likeness (QED) is 0.157. The summed E-state index contributed by atoms with van der Waals surface area (Å²) in [4.78, 5) is 10.8. The molecule has 1 aliphatic rings. The SMILES string of the molecule is CCNC(=NCCCSc1ccc(F)cc1)NCCCN1CCCN(C)CC1.I. The number of nitrogens with one attached hydrogen (secondary N) is 2. The van der Waals surface area contributed by atoms with Gasteiger partial charge in [-0.3, -0.25) is 4.99 Å². The lowest BCUT2D eigenvalue weighted by Gasteiger charge is -2.20. The molecule has 2 N–H and O–H groups in total. The Kier molecular flexibility index (Phi) is 14.7. The highest BCUT2D eigenvalue weighted by Gasteiger charge is 2.11. The highest BCUT2D eigenvalue weighted by Crippen LogP contribution is 2.18. The van der Waals surface area contributed by atoms with Crippen LogP contribution in [-0.4, -0.2) is 80.9 Å². The van der Waals surface area contributed by atoms with Gasteiger partial charge in [0, 0.05) is 37.6 Å². The number of hydrogen-bond acceptors (Lipinski definition) is 4. The zero-order valence-corrected chi connectivity index (χ0v) is 21.0. The van der Waals surface area contributed by atoms with Gasteiger partial charge in [0.25, 0.3) is 0 Å². The predicted molar refractivity (Wildman–Crippen MR) is 134 cm³/mol. The molecule has 0 atom stereocenters. The van der Waals surface area contributed by atoms with Crippen LogP contribution in [0.2, 0.25) is 0 Å². The molecule has 1 fully saturated rings. The van der Waals surface area contributed by atoms with Crippen LogP contribution in [0, 0.1) is 5.82 Å². The van der Waals surface area contributed by atoms with Gasteiger partial charge >= 0.3 is 0 Å². The second-order valence-electron chi connectivity index (χ2n) is 7.20. The molecular weight excluding hydrogens is 500 g/mol. The number of hydrogen-bond donors (Lipinski definition) is 2. The van der Waals surface area contributed by atoms with Crippen LogP contribution in [0.25, 0.3) is 0 Å². The first-order valence-electron chi connectivity index (χ1n) is 10.5. The van der Waals surface area contributed by atoms with Gasteiger partial charge in [0.15, 0.2) is 5.96 Å². The molecule has 1 heterocycles. The van der Waals surface area contributed by atoms with Gasteiger partial charge < -0.3 is 20.4 Å². The third-order valence-electron chi connectivity index (χ3n) is 4.75. The molecule has 8 heteroatoms. The van der Waals surface area contributed by atoms with Gasteiger partial charge in [-0.1, -0.05) is 0 Å². The van der Waals surface area contributed by atoms with E-state index < -0.39 is 0 Å². The molecular formula is C21H37FIN5S. The zero-order valence-electron chi connectivity index (χ0n) is 17.8. The van der Waals surface area contributed by atoms with Crippen molar-refractivity contribution in [2.24, 2.45) is 4.99 Å². The van der Waals surface area contributed by atoms with Crippen LogP contribution in [0.1, 0.15) is 26.2 Å². The van der Waals surface area contributed by atoms with E-state index in [1.54, 1.807) is 11.8 Å². The van der Waals surface area contributed by atoms with Crippen molar-refractivity contribution >= 4 is 41.7 Å². The molecule has 1 aromatic carbocycles. The monoisotopic (exact) mass is 537 g/mol. The van der Waals surface area contributed by atoms with Crippen LogP contribution < -0.4 is 10.6 Å². The average molecular weight is 538 g/mol. The number of nitrogens with zero attached hydrogens (tertiary/aromatic N) is 3. The van der Waals surface area contributed by atoms with Crippen molar-refractivity contribution < 1.29 is 4.39 Å². The van der Waals surface area contributed by atoms with E-state index >= 15 is 0 Å². The lowest BCUT2D eigenvalue weighted by Crippen LogP contribution is -2.39. The topological polar surface area (TPSA) is 42.9 Å². The fraction of sp³-hybridized carbons (Fsp3) is 0.667. The fourth-order valence-electron chi connectivity index (χ4n) is 3.15. The Hall–Kier alpha value is -0.580. The molecule has 1 aliphatic heterocycles. The normalized spacial score (nSPS) is 16.2. The summed E-state index contributed by atoms with van der Waals surface area (Å²) >= 11 is 1.75. The Morgan fingerprint density at radius 1 is 1.10 bits per heavy atom. The molecule has 0 bridgehead atoms. The van der Waals surface area contributed by atoms with Crippen molar-refractivity contribution in [2.75, 3.05) is 65.2 Å². The Labute approximate surface area is 197 Å². The van der Waals surface area contributed by atoms with E-state index in [0.717, 1.165) is 55.6 Å². The van der Waals surface area contributed by atoms with Crippen LogP contribution in [-0.2, 0) is 0 Å². The summed E-state index contributed by atoms with van der Waals surface area (Å²) in [5.41, 5.74) is 0. The number of rotatable bonds is 10. The fourth-order valence-corrected chi connectivity index (χ4v) is 3.99. The largest absolute Gasteiger partial charge is 0.357 e. The maximum absolute atomic E-state index is 12.9. The first kappa shape index (κ1) is 26.5. The lowest BCUT2D eigenvalue weighted by atomic mass is 10.3. The lowest BCUT2D eigenvalue weighted by molar-refractivity contribution is 0.274. The van der Waals surface area contributed by atoms with E-state index in [0.29, 0.717) is 0 Å². The van der Waals surface area contributed by atoms with E-state index in [1.165, 1.54) is 44.7 Å². The summed E-state index contributed by atoms with van der Waals surface area (Å²) in [5, 5.41) is 6.77. The third-order valence-corrected chi connectivity index (χ3v) is 5.85. The molecule has 0 radical (unpaired) electrons. The number of likely N-dealkylation sites (N-methyl/N-ethyl adjacent to an activating group) is 1. The van der Waals surface area contributed by atoms with Crippen molar-refractivity contribution in [3.63, 3.8) is 0 Å². The van der Waals surface area contributed by atoms with E-state index in [9.17, 15) is 4.39 Å². The summed E-state index contributed by atoms with van der Waals surface area (Å²) in [7, 11) is 2.21. The molecule has 0 amide bonds. The first-order chi connectivity index (χ1) is 13.7. The molecule has 166 valence electrons. The average Bonchev–Trinajstić information content (AvgIpc) is 2.90. The van der Waals surface area contributed by atoms with Crippen molar-refractivity contribution in [2.45, 2.75) is 31.1 Å². The molecule has 0 spiro atoms. The van der Waals surface area contributed by atoms with E-state index in [2.05, 4.69) is 39.4 Å². The van der Waals surface area contributed by atoms with Gasteiger partial charge in [-0.2, -0.15) is 0 Å². The molecule has 2 rings (SSSR count). The molecule has 1 aromatic rings. The molecule has 5 nitrogen and oxygen atoms in total. The van der Waals surface area contributed by atoms with Crippen molar-refractivity contribution in [3.8, 4) is 0 Å². The van der Waals surface area contributed by atoms with Gasteiger partial charge in [0.05, 0.1) is 0 Å². The maximum atomic E-state index is 12.9. The van der Waals surface area contributed by atoms with Gasteiger partial charge in [0.1, 0.15) is 5.82 Å². The van der Waals surface area contributed by atoms with Gasteiger partial charge in [0.2, 0.25) is 0 Å². The second-order valence-corrected chi connectivity index (χ2v) is 8.36. The van der Waals surface area contributed by atoms with Crippen LogP contribution in [0.4, 0.5) is 4.39 Å². The van der Waals surface area contributed by atoms with E-state index in [-0.39, 0.29) is 29.8 Å². The summed E-state index contributed by atoms with van der Waals surface area (Å²) in [5.74, 6) is 1.71. The van der Waals surface area contributed by atoms with E-state index in [1.807, 2.05) is 12.1 Å². The number of aliphatic imine (C=N–C) groups is 1. The summed E-state index contributed by atoms with van der Waals surface area (Å²) < 4.78 is 12.9. The molecule has 0 unspecified atom stereocenters. The number of benzene rings is 1. The maximum Gasteiger partial charge on any atom is 0.191 e. The molecule has 0 saturated carbocycles. The third kappa shape index (κ3) is 12.0. The Morgan fingerprint density at radius 3 is 2.66 bits per heavy atom. The number of guanidine groups is 1. The summed E-state index contributed by atoms with van der Waals surface area (Å²) in [6.45, 7) is 10.6.